The first-order valence-electron chi connectivity index (χ1n) is 10.7. The zero-order chi connectivity index (χ0) is 19.5. The maximum atomic E-state index is 12.1. The quantitative estimate of drug-likeness (QED) is 0.339. The zero-order valence-corrected chi connectivity index (χ0v) is 16.8. The number of carbonyl (C=O) groups excluding carboxylic acids is 2. The molecule has 7 heteroatoms. The summed E-state index contributed by atoms with van der Waals surface area (Å²) in [5.41, 5.74) is 5.35. The summed E-state index contributed by atoms with van der Waals surface area (Å²) in [6.07, 6.45) is 9.40. The van der Waals surface area contributed by atoms with E-state index in [2.05, 4.69) is 20.5 Å². The van der Waals surface area contributed by atoms with Crippen molar-refractivity contribution < 1.29 is 9.59 Å². The minimum Gasteiger partial charge on any atom is -0.370 e. The molecule has 1 saturated heterocycles. The van der Waals surface area contributed by atoms with Gasteiger partial charge < -0.3 is 21.3 Å². The van der Waals surface area contributed by atoms with Crippen LogP contribution < -0.4 is 16.4 Å². The van der Waals surface area contributed by atoms with Crippen molar-refractivity contribution in [2.45, 2.75) is 64.7 Å². The molecule has 4 N–H and O–H groups in total. The Labute approximate surface area is 163 Å². The van der Waals surface area contributed by atoms with Crippen LogP contribution in [0.15, 0.2) is 4.99 Å². The third-order valence-electron chi connectivity index (χ3n) is 5.54. The molecule has 154 valence electrons. The van der Waals surface area contributed by atoms with Gasteiger partial charge in [-0.2, -0.15) is 0 Å². The Bertz CT molecular complexity index is 503. The fraction of sp³-hybridized carbons (Fsp3) is 0.850. The molecule has 1 saturated carbocycles. The van der Waals surface area contributed by atoms with Crippen LogP contribution in [0.5, 0.6) is 0 Å². The van der Waals surface area contributed by atoms with Crippen LogP contribution in [-0.4, -0.2) is 55.4 Å². The van der Waals surface area contributed by atoms with Gasteiger partial charge in [0.2, 0.25) is 11.8 Å². The minimum absolute atomic E-state index is 0.154. The monoisotopic (exact) mass is 379 g/mol. The second-order valence-electron chi connectivity index (χ2n) is 7.92. The Hall–Kier alpha value is -1.79. The number of nitrogens with one attached hydrogen (secondary N) is 2. The Balaban J connectivity index is 1.75. The number of guanidine groups is 1. The highest BCUT2D eigenvalue weighted by molar-refractivity contribution is 5.80. The number of carbonyl (C=O) groups is 2. The first-order chi connectivity index (χ1) is 13.1. The van der Waals surface area contributed by atoms with Crippen LogP contribution in [-0.2, 0) is 9.59 Å². The fourth-order valence-electron chi connectivity index (χ4n) is 4.22. The van der Waals surface area contributed by atoms with Crippen molar-refractivity contribution in [1.29, 1.82) is 0 Å². The van der Waals surface area contributed by atoms with Crippen LogP contribution in [0.2, 0.25) is 0 Å². The number of piperidine rings is 1. The summed E-state index contributed by atoms with van der Waals surface area (Å²) in [7, 11) is 0. The summed E-state index contributed by atoms with van der Waals surface area (Å²) < 4.78 is 0. The molecule has 0 bridgehead atoms. The van der Waals surface area contributed by atoms with Crippen LogP contribution >= 0.6 is 0 Å². The number of nitrogens with zero attached hydrogens (tertiary/aromatic N) is 2. The van der Waals surface area contributed by atoms with Gasteiger partial charge in [0, 0.05) is 39.0 Å². The second-order valence-corrected chi connectivity index (χ2v) is 7.92. The van der Waals surface area contributed by atoms with Gasteiger partial charge in [-0.1, -0.05) is 19.3 Å². The predicted octanol–water partition coefficient (Wildman–Crippen LogP) is 1.63. The number of hydrogen-bond donors (Lipinski definition) is 3. The summed E-state index contributed by atoms with van der Waals surface area (Å²) in [4.78, 5) is 30.2. The number of aliphatic imine (C=N–C) groups is 1. The van der Waals surface area contributed by atoms with Crippen molar-refractivity contribution in [3.8, 4) is 0 Å². The second kappa shape index (κ2) is 11.8. The van der Waals surface area contributed by atoms with E-state index >= 15 is 0 Å². The van der Waals surface area contributed by atoms with Gasteiger partial charge in [0.25, 0.3) is 0 Å². The average Bonchev–Trinajstić information content (AvgIpc) is 2.65. The Morgan fingerprint density at radius 1 is 1.04 bits per heavy atom. The normalized spacial score (nSPS) is 21.7. The lowest BCUT2D eigenvalue weighted by molar-refractivity contribution is -0.122. The molecule has 2 fully saturated rings. The maximum absolute atomic E-state index is 12.1. The van der Waals surface area contributed by atoms with Crippen LogP contribution in [0, 0.1) is 11.8 Å². The first kappa shape index (κ1) is 21.5. The van der Waals surface area contributed by atoms with E-state index < -0.39 is 0 Å². The van der Waals surface area contributed by atoms with Crippen molar-refractivity contribution >= 4 is 17.8 Å². The van der Waals surface area contributed by atoms with Gasteiger partial charge in [0.15, 0.2) is 5.96 Å². The summed E-state index contributed by atoms with van der Waals surface area (Å²) in [5.74, 6) is 1.66. The maximum Gasteiger partial charge on any atom is 0.220 e. The topological polar surface area (TPSA) is 99.8 Å². The fourth-order valence-corrected chi connectivity index (χ4v) is 4.22. The molecule has 0 aromatic rings. The number of amides is 2. The van der Waals surface area contributed by atoms with E-state index in [1.54, 1.807) is 0 Å². The highest BCUT2D eigenvalue weighted by Gasteiger charge is 2.23. The molecular formula is C20H37N5O2. The van der Waals surface area contributed by atoms with Gasteiger partial charge in [-0.15, -0.1) is 0 Å². The number of hydrogen-bond acceptors (Lipinski definition) is 3. The van der Waals surface area contributed by atoms with Gasteiger partial charge in [0.05, 0.1) is 6.54 Å². The highest BCUT2D eigenvalue weighted by Crippen LogP contribution is 2.26. The third kappa shape index (κ3) is 8.18. The molecule has 1 heterocycles. The van der Waals surface area contributed by atoms with Crippen molar-refractivity contribution in [1.82, 2.24) is 15.5 Å². The van der Waals surface area contributed by atoms with Crippen molar-refractivity contribution in [2.75, 3.05) is 32.7 Å². The van der Waals surface area contributed by atoms with Crippen LogP contribution in [0.3, 0.4) is 0 Å². The summed E-state index contributed by atoms with van der Waals surface area (Å²) in [6, 6.07) is 0. The zero-order valence-electron chi connectivity index (χ0n) is 16.8. The van der Waals surface area contributed by atoms with Gasteiger partial charge in [-0.05, 0) is 44.4 Å². The molecule has 0 radical (unpaired) electrons. The molecule has 1 unspecified atom stereocenters. The van der Waals surface area contributed by atoms with E-state index in [-0.39, 0.29) is 11.8 Å². The van der Waals surface area contributed by atoms with Gasteiger partial charge >= 0.3 is 0 Å². The average molecular weight is 380 g/mol. The van der Waals surface area contributed by atoms with Gasteiger partial charge in [-0.3, -0.25) is 14.6 Å². The van der Waals surface area contributed by atoms with Crippen LogP contribution in [0.1, 0.15) is 64.7 Å². The van der Waals surface area contributed by atoms with E-state index in [1.165, 1.54) is 32.1 Å². The molecule has 0 aromatic carbocycles. The molecule has 27 heavy (non-hydrogen) atoms. The van der Waals surface area contributed by atoms with Crippen molar-refractivity contribution in [2.24, 2.45) is 22.6 Å². The lowest BCUT2D eigenvalue weighted by Gasteiger charge is -2.34. The van der Waals surface area contributed by atoms with E-state index in [0.717, 1.165) is 38.4 Å². The van der Waals surface area contributed by atoms with Gasteiger partial charge in [0.1, 0.15) is 0 Å². The largest absolute Gasteiger partial charge is 0.370 e. The summed E-state index contributed by atoms with van der Waals surface area (Å²) in [5, 5.41) is 6.34. The van der Waals surface area contributed by atoms with Gasteiger partial charge in [-0.25, -0.2) is 0 Å². The SMILES string of the molecule is CCNC(=NCCNC(=O)CC1CCCCC1)N1CCCC(CC(N)=O)C1. The highest BCUT2D eigenvalue weighted by atomic mass is 16.1. The van der Waals surface area contributed by atoms with Crippen molar-refractivity contribution in [3.05, 3.63) is 0 Å². The van der Waals surface area contributed by atoms with Crippen molar-refractivity contribution in [3.63, 3.8) is 0 Å². The number of rotatable bonds is 8. The molecule has 0 spiro atoms. The smallest absolute Gasteiger partial charge is 0.220 e. The molecule has 1 aliphatic carbocycles. The predicted molar refractivity (Wildman–Crippen MR) is 108 cm³/mol. The van der Waals surface area contributed by atoms with E-state index in [4.69, 9.17) is 5.73 Å². The summed E-state index contributed by atoms with van der Waals surface area (Å²) >= 11 is 0. The lowest BCUT2D eigenvalue weighted by Crippen LogP contribution is -2.47. The number of nitrogens with two attached hydrogens (primary N) is 1. The minimum atomic E-state index is -0.232. The van der Waals surface area contributed by atoms with E-state index in [1.807, 2.05) is 6.92 Å². The van der Waals surface area contributed by atoms with Crippen LogP contribution in [0.4, 0.5) is 0 Å². The number of primary amides is 1. The molecule has 1 aliphatic heterocycles. The number of likely N-dealkylation sites (tertiary alicyclic amines) is 1. The molecule has 2 rings (SSSR count). The molecule has 7 nitrogen and oxygen atoms in total. The molecule has 2 amide bonds. The first-order valence-corrected chi connectivity index (χ1v) is 10.7. The molecular weight excluding hydrogens is 342 g/mol. The van der Waals surface area contributed by atoms with E-state index in [0.29, 0.717) is 37.8 Å². The molecule has 0 aromatic heterocycles. The Kier molecular flexibility index (Phi) is 9.42. The Morgan fingerprint density at radius 2 is 1.78 bits per heavy atom. The summed E-state index contributed by atoms with van der Waals surface area (Å²) in [6.45, 7) is 5.73. The molecule has 2 aliphatic rings. The Morgan fingerprint density at radius 3 is 2.48 bits per heavy atom. The lowest BCUT2D eigenvalue weighted by atomic mass is 9.87. The standard InChI is InChI=1S/C20H37N5O2/c1-2-22-20(25-12-6-9-17(15-25)13-18(21)26)24-11-10-23-19(27)14-16-7-4-3-5-8-16/h16-17H,2-15H2,1H3,(H2,21,26)(H,22,24)(H,23,27). The third-order valence-corrected chi connectivity index (χ3v) is 5.54. The van der Waals surface area contributed by atoms with E-state index in [9.17, 15) is 9.59 Å². The molecule has 1 atom stereocenters. The van der Waals surface area contributed by atoms with Crippen LogP contribution in [0.25, 0.3) is 0 Å².